The Hall–Kier alpha value is -3.29. The lowest BCUT2D eigenvalue weighted by Crippen LogP contribution is -2.14. The Bertz CT molecular complexity index is 1260. The van der Waals surface area contributed by atoms with Crippen LogP contribution in [0.4, 0.5) is 5.82 Å². The molecule has 0 unspecified atom stereocenters. The summed E-state index contributed by atoms with van der Waals surface area (Å²) in [6, 6.07) is 19.6. The quantitative estimate of drug-likeness (QED) is 0.435. The van der Waals surface area contributed by atoms with Gasteiger partial charge in [-0.05, 0) is 23.6 Å². The number of anilines is 1. The molecule has 1 amide bonds. The van der Waals surface area contributed by atoms with Gasteiger partial charge in [0.15, 0.2) is 0 Å². The van der Waals surface area contributed by atoms with Crippen LogP contribution in [0.3, 0.4) is 0 Å². The Labute approximate surface area is 169 Å². The van der Waals surface area contributed by atoms with E-state index in [4.69, 9.17) is 4.98 Å². The summed E-state index contributed by atoms with van der Waals surface area (Å²) < 4.78 is 1.88. The van der Waals surface area contributed by atoms with Gasteiger partial charge in [-0.1, -0.05) is 42.5 Å². The standard InChI is InChI=1S/C21H14N4OS2/c26-20(15-13-28-21(22-15)16-9-6-12-27-16)24-19-18(14-7-2-1-3-8-14)23-17-10-4-5-11-25(17)19/h1-13H,(H,24,26). The van der Waals surface area contributed by atoms with E-state index in [1.807, 2.05) is 76.6 Å². The smallest absolute Gasteiger partial charge is 0.276 e. The monoisotopic (exact) mass is 402 g/mol. The summed E-state index contributed by atoms with van der Waals surface area (Å²) in [6.45, 7) is 0. The van der Waals surface area contributed by atoms with Crippen molar-refractivity contribution in [2.24, 2.45) is 0 Å². The molecular weight excluding hydrogens is 388 g/mol. The largest absolute Gasteiger partial charge is 0.304 e. The number of thiazole rings is 1. The lowest BCUT2D eigenvalue weighted by Gasteiger charge is -2.06. The van der Waals surface area contributed by atoms with Crippen LogP contribution in [-0.2, 0) is 0 Å². The molecule has 136 valence electrons. The molecule has 5 aromatic rings. The maximum absolute atomic E-state index is 12.9. The first-order valence-electron chi connectivity index (χ1n) is 8.63. The molecule has 7 heteroatoms. The zero-order chi connectivity index (χ0) is 18.9. The van der Waals surface area contributed by atoms with Crippen LogP contribution >= 0.6 is 22.7 Å². The van der Waals surface area contributed by atoms with Crippen LogP contribution in [0.1, 0.15) is 10.5 Å². The van der Waals surface area contributed by atoms with Gasteiger partial charge >= 0.3 is 0 Å². The second-order valence-corrected chi connectivity index (χ2v) is 7.88. The predicted molar refractivity (Wildman–Crippen MR) is 114 cm³/mol. The summed E-state index contributed by atoms with van der Waals surface area (Å²) in [5.74, 6) is 0.388. The Morgan fingerprint density at radius 2 is 1.79 bits per heavy atom. The van der Waals surface area contributed by atoms with Gasteiger partial charge in [0, 0.05) is 17.1 Å². The average molecular weight is 403 g/mol. The van der Waals surface area contributed by atoms with Crippen LogP contribution in [0.25, 0.3) is 26.8 Å². The van der Waals surface area contributed by atoms with Gasteiger partial charge in [0.05, 0.1) is 4.88 Å². The molecule has 0 bridgehead atoms. The van der Waals surface area contributed by atoms with Crippen LogP contribution in [-0.4, -0.2) is 20.3 Å². The zero-order valence-corrected chi connectivity index (χ0v) is 16.2. The van der Waals surface area contributed by atoms with E-state index < -0.39 is 0 Å². The van der Waals surface area contributed by atoms with Gasteiger partial charge in [0.2, 0.25) is 0 Å². The second kappa shape index (κ2) is 7.03. The number of pyridine rings is 1. The molecule has 5 rings (SSSR count). The lowest BCUT2D eigenvalue weighted by atomic mass is 10.1. The first kappa shape index (κ1) is 16.9. The fraction of sp³-hybridized carbons (Fsp3) is 0. The molecule has 0 spiro atoms. The summed E-state index contributed by atoms with van der Waals surface area (Å²) in [4.78, 5) is 23.2. The molecule has 0 aliphatic heterocycles. The Balaban J connectivity index is 1.53. The van der Waals surface area contributed by atoms with E-state index in [0.717, 1.165) is 26.8 Å². The molecule has 0 radical (unpaired) electrons. The number of thiophene rings is 1. The minimum atomic E-state index is -0.248. The van der Waals surface area contributed by atoms with Crippen molar-refractivity contribution in [1.82, 2.24) is 14.4 Å². The van der Waals surface area contributed by atoms with Crippen LogP contribution < -0.4 is 5.32 Å². The lowest BCUT2D eigenvalue weighted by molar-refractivity contribution is 0.102. The average Bonchev–Trinajstić information content (AvgIpc) is 3.48. The molecule has 1 N–H and O–H groups in total. The van der Waals surface area contributed by atoms with Gasteiger partial charge in [0.25, 0.3) is 5.91 Å². The van der Waals surface area contributed by atoms with Crippen molar-refractivity contribution in [3.63, 3.8) is 0 Å². The normalized spacial score (nSPS) is 11.0. The summed E-state index contributed by atoms with van der Waals surface area (Å²) in [6.07, 6.45) is 1.89. The maximum atomic E-state index is 12.9. The van der Waals surface area contributed by atoms with E-state index in [-0.39, 0.29) is 5.91 Å². The number of nitrogens with zero attached hydrogens (tertiary/aromatic N) is 3. The Kier molecular flexibility index (Phi) is 4.23. The topological polar surface area (TPSA) is 59.3 Å². The van der Waals surface area contributed by atoms with E-state index in [1.165, 1.54) is 11.3 Å². The van der Waals surface area contributed by atoms with E-state index in [1.54, 1.807) is 16.7 Å². The minimum Gasteiger partial charge on any atom is -0.304 e. The van der Waals surface area contributed by atoms with Crippen LogP contribution in [0.5, 0.6) is 0 Å². The SMILES string of the molecule is O=C(Nc1c(-c2ccccc2)nc2ccccn12)c1csc(-c2cccs2)n1. The van der Waals surface area contributed by atoms with E-state index >= 15 is 0 Å². The van der Waals surface area contributed by atoms with Crippen LogP contribution in [0.15, 0.2) is 77.6 Å². The van der Waals surface area contributed by atoms with Crippen molar-refractivity contribution < 1.29 is 4.79 Å². The molecule has 0 saturated heterocycles. The number of benzene rings is 1. The van der Waals surface area contributed by atoms with Gasteiger partial charge in [-0.25, -0.2) is 9.97 Å². The molecule has 1 aromatic carbocycles. The highest BCUT2D eigenvalue weighted by molar-refractivity contribution is 7.20. The number of nitrogens with one attached hydrogen (secondary N) is 1. The summed E-state index contributed by atoms with van der Waals surface area (Å²) in [5, 5.41) is 7.65. The number of fused-ring (bicyclic) bond motifs is 1. The van der Waals surface area contributed by atoms with Crippen molar-refractivity contribution in [2.75, 3.05) is 5.32 Å². The molecule has 0 fully saturated rings. The Morgan fingerprint density at radius 1 is 0.929 bits per heavy atom. The molecular formula is C21H14N4OS2. The van der Waals surface area contributed by atoms with Crippen LogP contribution in [0.2, 0.25) is 0 Å². The molecule has 28 heavy (non-hydrogen) atoms. The third-order valence-electron chi connectivity index (χ3n) is 4.28. The van der Waals surface area contributed by atoms with Crippen molar-refractivity contribution in [2.45, 2.75) is 0 Å². The van der Waals surface area contributed by atoms with Crippen molar-refractivity contribution >= 4 is 40.0 Å². The van der Waals surface area contributed by atoms with Crippen molar-refractivity contribution in [1.29, 1.82) is 0 Å². The molecule has 4 aromatic heterocycles. The molecule has 0 saturated carbocycles. The molecule has 0 aliphatic rings. The third kappa shape index (κ3) is 3.00. The number of imidazole rings is 1. The maximum Gasteiger partial charge on any atom is 0.276 e. The highest BCUT2D eigenvalue weighted by Crippen LogP contribution is 2.30. The number of hydrogen-bond donors (Lipinski definition) is 1. The van der Waals surface area contributed by atoms with Crippen molar-refractivity contribution in [3.8, 4) is 21.1 Å². The number of rotatable bonds is 4. The number of carbonyl (C=O) groups is 1. The van der Waals surface area contributed by atoms with Crippen molar-refractivity contribution in [3.05, 3.63) is 83.3 Å². The van der Waals surface area contributed by atoms with Crippen LogP contribution in [0, 0.1) is 0 Å². The molecule has 4 heterocycles. The summed E-state index contributed by atoms with van der Waals surface area (Å²) in [5.41, 5.74) is 2.85. The number of aromatic nitrogens is 3. The molecule has 0 atom stereocenters. The summed E-state index contributed by atoms with van der Waals surface area (Å²) >= 11 is 3.08. The minimum absolute atomic E-state index is 0.248. The number of amides is 1. The molecule has 0 aliphatic carbocycles. The number of hydrogen-bond acceptors (Lipinski definition) is 5. The fourth-order valence-corrected chi connectivity index (χ4v) is 4.59. The summed E-state index contributed by atoms with van der Waals surface area (Å²) in [7, 11) is 0. The van der Waals surface area contributed by atoms with E-state index in [2.05, 4.69) is 10.3 Å². The first-order valence-corrected chi connectivity index (χ1v) is 10.4. The zero-order valence-electron chi connectivity index (χ0n) is 14.6. The molecule has 5 nitrogen and oxygen atoms in total. The third-order valence-corrected chi connectivity index (χ3v) is 6.16. The number of carbonyl (C=O) groups excluding carboxylic acids is 1. The highest BCUT2D eigenvalue weighted by Gasteiger charge is 2.19. The predicted octanol–water partition coefficient (Wildman–Crippen LogP) is 5.44. The fourth-order valence-electron chi connectivity index (χ4n) is 2.98. The first-order chi connectivity index (χ1) is 13.8. The Morgan fingerprint density at radius 3 is 2.61 bits per heavy atom. The van der Waals surface area contributed by atoms with Gasteiger partial charge in [0.1, 0.15) is 27.9 Å². The second-order valence-electron chi connectivity index (χ2n) is 6.07. The highest BCUT2D eigenvalue weighted by atomic mass is 32.1. The van der Waals surface area contributed by atoms with E-state index in [9.17, 15) is 4.79 Å². The van der Waals surface area contributed by atoms with Gasteiger partial charge in [-0.15, -0.1) is 22.7 Å². The van der Waals surface area contributed by atoms with Gasteiger partial charge in [-0.3, -0.25) is 9.20 Å². The van der Waals surface area contributed by atoms with Gasteiger partial charge in [-0.2, -0.15) is 0 Å². The van der Waals surface area contributed by atoms with Gasteiger partial charge < -0.3 is 5.32 Å². The van der Waals surface area contributed by atoms with E-state index in [0.29, 0.717) is 11.5 Å².